The summed E-state index contributed by atoms with van der Waals surface area (Å²) in [5.41, 5.74) is 0. The first-order chi connectivity index (χ1) is 8.36. The molecular formula is C15H30N2. The molecule has 17 heavy (non-hydrogen) atoms. The van der Waals surface area contributed by atoms with Crippen molar-refractivity contribution in [2.75, 3.05) is 20.1 Å². The quantitative estimate of drug-likeness (QED) is 0.653. The standard InChI is InChI=1S/C15H30N2/c1-17(15-8-4-2-5-9-15)13-7-3-6-12-16-14-10-11-14/h14-16H,2-13H2,1H3. The molecule has 2 heteroatoms. The van der Waals surface area contributed by atoms with Crippen molar-refractivity contribution in [2.45, 2.75) is 76.3 Å². The number of unbranched alkanes of at least 4 members (excludes halogenated alkanes) is 2. The highest BCUT2D eigenvalue weighted by molar-refractivity contribution is 4.80. The largest absolute Gasteiger partial charge is 0.314 e. The maximum Gasteiger partial charge on any atom is 0.00922 e. The van der Waals surface area contributed by atoms with Crippen LogP contribution >= 0.6 is 0 Å². The molecule has 2 aliphatic rings. The number of nitrogens with zero attached hydrogens (tertiary/aromatic N) is 1. The van der Waals surface area contributed by atoms with Crippen LogP contribution in [-0.4, -0.2) is 37.1 Å². The zero-order valence-corrected chi connectivity index (χ0v) is 11.6. The predicted molar refractivity (Wildman–Crippen MR) is 74.4 cm³/mol. The van der Waals surface area contributed by atoms with Gasteiger partial charge in [0.25, 0.3) is 0 Å². The Morgan fingerprint density at radius 2 is 1.71 bits per heavy atom. The molecule has 0 aromatic heterocycles. The SMILES string of the molecule is CN(CCCCCNC1CC1)C1CCCCC1. The summed E-state index contributed by atoms with van der Waals surface area (Å²) in [7, 11) is 2.33. The van der Waals surface area contributed by atoms with E-state index in [0.717, 1.165) is 12.1 Å². The molecule has 0 amide bonds. The Morgan fingerprint density at radius 1 is 0.941 bits per heavy atom. The first-order valence-corrected chi connectivity index (χ1v) is 7.80. The van der Waals surface area contributed by atoms with Gasteiger partial charge in [0, 0.05) is 12.1 Å². The number of nitrogens with one attached hydrogen (secondary N) is 1. The van der Waals surface area contributed by atoms with Gasteiger partial charge in [0.1, 0.15) is 0 Å². The smallest absolute Gasteiger partial charge is 0.00922 e. The molecule has 0 aromatic carbocycles. The van der Waals surface area contributed by atoms with Crippen LogP contribution in [0.2, 0.25) is 0 Å². The van der Waals surface area contributed by atoms with E-state index < -0.39 is 0 Å². The Hall–Kier alpha value is -0.0800. The Balaban J connectivity index is 1.42. The van der Waals surface area contributed by atoms with Gasteiger partial charge < -0.3 is 10.2 Å². The van der Waals surface area contributed by atoms with E-state index in [1.807, 2.05) is 0 Å². The van der Waals surface area contributed by atoms with Crippen molar-refractivity contribution in [3.63, 3.8) is 0 Å². The van der Waals surface area contributed by atoms with Gasteiger partial charge in [-0.05, 0) is 58.7 Å². The fourth-order valence-corrected chi connectivity index (χ4v) is 2.96. The van der Waals surface area contributed by atoms with Crippen molar-refractivity contribution in [1.82, 2.24) is 10.2 Å². The zero-order valence-electron chi connectivity index (χ0n) is 11.6. The van der Waals surface area contributed by atoms with Crippen LogP contribution in [0.5, 0.6) is 0 Å². The third-order valence-electron chi connectivity index (χ3n) is 4.40. The summed E-state index contributed by atoms with van der Waals surface area (Å²) in [6, 6.07) is 1.79. The van der Waals surface area contributed by atoms with E-state index in [2.05, 4.69) is 17.3 Å². The molecule has 100 valence electrons. The molecule has 0 bridgehead atoms. The highest BCUT2D eigenvalue weighted by atomic mass is 15.1. The molecule has 2 rings (SSSR count). The summed E-state index contributed by atoms with van der Waals surface area (Å²) < 4.78 is 0. The maximum absolute atomic E-state index is 3.59. The third kappa shape index (κ3) is 5.39. The van der Waals surface area contributed by atoms with Crippen molar-refractivity contribution in [3.05, 3.63) is 0 Å². The van der Waals surface area contributed by atoms with E-state index in [-0.39, 0.29) is 0 Å². The van der Waals surface area contributed by atoms with Gasteiger partial charge >= 0.3 is 0 Å². The third-order valence-corrected chi connectivity index (χ3v) is 4.40. The summed E-state index contributed by atoms with van der Waals surface area (Å²) in [4.78, 5) is 2.62. The van der Waals surface area contributed by atoms with Crippen LogP contribution in [-0.2, 0) is 0 Å². The van der Waals surface area contributed by atoms with Crippen molar-refractivity contribution < 1.29 is 0 Å². The van der Waals surface area contributed by atoms with Gasteiger partial charge in [0.05, 0.1) is 0 Å². The summed E-state index contributed by atoms with van der Waals surface area (Å²) >= 11 is 0. The first kappa shape index (κ1) is 13.4. The van der Waals surface area contributed by atoms with Crippen LogP contribution in [0.1, 0.15) is 64.2 Å². The lowest BCUT2D eigenvalue weighted by Crippen LogP contribution is -2.34. The second-order valence-corrected chi connectivity index (χ2v) is 6.06. The Labute approximate surface area is 107 Å². The lowest BCUT2D eigenvalue weighted by atomic mass is 9.94. The van der Waals surface area contributed by atoms with E-state index in [4.69, 9.17) is 0 Å². The number of hydrogen-bond acceptors (Lipinski definition) is 2. The minimum atomic E-state index is 0.889. The molecule has 1 N–H and O–H groups in total. The highest BCUT2D eigenvalue weighted by Gasteiger charge is 2.19. The van der Waals surface area contributed by atoms with Crippen LogP contribution in [0.15, 0.2) is 0 Å². The molecule has 0 heterocycles. The number of hydrogen-bond donors (Lipinski definition) is 1. The topological polar surface area (TPSA) is 15.3 Å². The van der Waals surface area contributed by atoms with Gasteiger partial charge in [-0.25, -0.2) is 0 Å². The van der Waals surface area contributed by atoms with Crippen molar-refractivity contribution in [2.24, 2.45) is 0 Å². The molecule has 0 unspecified atom stereocenters. The lowest BCUT2D eigenvalue weighted by molar-refractivity contribution is 0.188. The van der Waals surface area contributed by atoms with Crippen LogP contribution in [0.3, 0.4) is 0 Å². The molecular weight excluding hydrogens is 208 g/mol. The van der Waals surface area contributed by atoms with Crippen molar-refractivity contribution in [1.29, 1.82) is 0 Å². The monoisotopic (exact) mass is 238 g/mol. The van der Waals surface area contributed by atoms with Crippen LogP contribution < -0.4 is 5.32 Å². The second kappa shape index (κ2) is 7.38. The Bertz CT molecular complexity index is 195. The minimum Gasteiger partial charge on any atom is -0.314 e. The first-order valence-electron chi connectivity index (χ1n) is 7.80. The predicted octanol–water partition coefficient (Wildman–Crippen LogP) is 3.17. The van der Waals surface area contributed by atoms with Crippen molar-refractivity contribution in [3.8, 4) is 0 Å². The average Bonchev–Trinajstić information content (AvgIpc) is 3.18. The minimum absolute atomic E-state index is 0.889. The van der Waals surface area contributed by atoms with E-state index >= 15 is 0 Å². The summed E-state index contributed by atoms with van der Waals surface area (Å²) in [6.45, 7) is 2.56. The van der Waals surface area contributed by atoms with Gasteiger partial charge in [0.15, 0.2) is 0 Å². The molecule has 0 spiro atoms. The molecule has 2 fully saturated rings. The van der Waals surface area contributed by atoms with Crippen LogP contribution in [0.4, 0.5) is 0 Å². The van der Waals surface area contributed by atoms with E-state index in [1.165, 1.54) is 77.3 Å². The second-order valence-electron chi connectivity index (χ2n) is 6.06. The Kier molecular flexibility index (Phi) is 5.79. The van der Waals surface area contributed by atoms with E-state index in [1.54, 1.807) is 0 Å². The Morgan fingerprint density at radius 3 is 2.41 bits per heavy atom. The van der Waals surface area contributed by atoms with Gasteiger partial charge in [-0.15, -0.1) is 0 Å². The van der Waals surface area contributed by atoms with Gasteiger partial charge in [0.2, 0.25) is 0 Å². The van der Waals surface area contributed by atoms with Crippen LogP contribution in [0, 0.1) is 0 Å². The van der Waals surface area contributed by atoms with Gasteiger partial charge in [-0.2, -0.15) is 0 Å². The fourth-order valence-electron chi connectivity index (χ4n) is 2.96. The normalized spacial score (nSPS) is 22.2. The zero-order chi connectivity index (χ0) is 11.9. The average molecular weight is 238 g/mol. The molecule has 0 saturated heterocycles. The molecule has 2 saturated carbocycles. The van der Waals surface area contributed by atoms with E-state index in [0.29, 0.717) is 0 Å². The molecule has 0 atom stereocenters. The van der Waals surface area contributed by atoms with E-state index in [9.17, 15) is 0 Å². The molecule has 0 aliphatic heterocycles. The number of rotatable bonds is 8. The highest BCUT2D eigenvalue weighted by Crippen LogP contribution is 2.22. The summed E-state index contributed by atoms with van der Waals surface area (Å²) in [6.07, 6.45) is 14.3. The fraction of sp³-hybridized carbons (Fsp3) is 1.00. The molecule has 0 radical (unpaired) electrons. The summed E-state index contributed by atoms with van der Waals surface area (Å²) in [5.74, 6) is 0. The molecule has 2 aliphatic carbocycles. The molecule has 0 aromatic rings. The van der Waals surface area contributed by atoms with Crippen molar-refractivity contribution >= 4 is 0 Å². The summed E-state index contributed by atoms with van der Waals surface area (Å²) in [5, 5.41) is 3.59. The molecule has 2 nitrogen and oxygen atoms in total. The maximum atomic E-state index is 3.59. The lowest BCUT2D eigenvalue weighted by Gasteiger charge is -2.31. The van der Waals surface area contributed by atoms with Gasteiger partial charge in [-0.1, -0.05) is 25.7 Å². The van der Waals surface area contributed by atoms with Crippen LogP contribution in [0.25, 0.3) is 0 Å². The van der Waals surface area contributed by atoms with Gasteiger partial charge in [-0.3, -0.25) is 0 Å².